The largest absolute Gasteiger partial charge is 0.496 e. The van der Waals surface area contributed by atoms with E-state index in [2.05, 4.69) is 5.32 Å². The van der Waals surface area contributed by atoms with Gasteiger partial charge < -0.3 is 14.8 Å². The summed E-state index contributed by atoms with van der Waals surface area (Å²) in [4.78, 5) is 24.0. The molecule has 0 aliphatic rings. The summed E-state index contributed by atoms with van der Waals surface area (Å²) in [5.74, 6) is -0.196. The van der Waals surface area contributed by atoms with Crippen molar-refractivity contribution >= 4 is 11.9 Å². The minimum atomic E-state index is -0.478. The van der Waals surface area contributed by atoms with E-state index in [-0.39, 0.29) is 5.91 Å². The van der Waals surface area contributed by atoms with Crippen LogP contribution in [-0.2, 0) is 11.3 Å². The number of nitrogens with one attached hydrogen (secondary N) is 1. The highest BCUT2D eigenvalue weighted by Crippen LogP contribution is 2.21. The first-order chi connectivity index (χ1) is 11.1. The Bertz CT molecular complexity index is 725. The lowest BCUT2D eigenvalue weighted by Gasteiger charge is -2.11. The number of methoxy groups -OCH3 is 2. The van der Waals surface area contributed by atoms with Crippen molar-refractivity contribution in [2.45, 2.75) is 13.5 Å². The zero-order chi connectivity index (χ0) is 16.8. The number of benzene rings is 2. The van der Waals surface area contributed by atoms with Crippen molar-refractivity contribution in [1.82, 2.24) is 5.32 Å². The highest BCUT2D eigenvalue weighted by Gasteiger charge is 2.14. The number of esters is 1. The summed E-state index contributed by atoms with van der Waals surface area (Å²) < 4.78 is 9.88. The molecule has 1 N–H and O–H groups in total. The summed E-state index contributed by atoms with van der Waals surface area (Å²) in [7, 11) is 2.80. The normalized spacial score (nSPS) is 10.0. The average molecular weight is 313 g/mol. The summed E-state index contributed by atoms with van der Waals surface area (Å²) >= 11 is 0. The predicted octanol–water partition coefficient (Wildman–Crippen LogP) is 2.72. The molecule has 0 fully saturated rings. The molecule has 23 heavy (non-hydrogen) atoms. The van der Waals surface area contributed by atoms with Crippen molar-refractivity contribution in [3.05, 3.63) is 64.7 Å². The summed E-state index contributed by atoms with van der Waals surface area (Å²) in [6.07, 6.45) is 0. The Balaban J connectivity index is 2.13. The van der Waals surface area contributed by atoms with Crippen LogP contribution in [0.2, 0.25) is 0 Å². The molecule has 0 saturated heterocycles. The Hall–Kier alpha value is -2.82. The third kappa shape index (κ3) is 3.88. The fourth-order valence-corrected chi connectivity index (χ4v) is 2.24. The number of carbonyl (C=O) groups is 2. The van der Waals surface area contributed by atoms with Gasteiger partial charge in [0.15, 0.2) is 0 Å². The van der Waals surface area contributed by atoms with Crippen LogP contribution in [0.3, 0.4) is 0 Å². The van der Waals surface area contributed by atoms with E-state index in [1.54, 1.807) is 24.3 Å². The number of carbonyl (C=O) groups excluding carboxylic acids is 2. The molecule has 0 spiro atoms. The number of amides is 1. The van der Waals surface area contributed by atoms with Crippen molar-refractivity contribution in [1.29, 1.82) is 0 Å². The maximum atomic E-state index is 12.2. The monoisotopic (exact) mass is 313 g/mol. The van der Waals surface area contributed by atoms with Crippen LogP contribution in [0.15, 0.2) is 42.5 Å². The number of aryl methyl sites for hydroxylation is 1. The Kier molecular flexibility index (Phi) is 5.36. The molecular weight excluding hydrogens is 294 g/mol. The third-order valence-electron chi connectivity index (χ3n) is 3.51. The first-order valence-electron chi connectivity index (χ1n) is 7.16. The highest BCUT2D eigenvalue weighted by molar-refractivity contribution is 5.95. The standard InChI is InChI=1S/C18H19NO4/c1-12-6-4-5-7-14(12)17(20)19-11-13-8-9-16(22-2)15(10-13)18(21)23-3/h4-10H,11H2,1-3H3,(H,19,20). The van der Waals surface area contributed by atoms with E-state index in [1.165, 1.54) is 14.2 Å². The summed E-state index contributed by atoms with van der Waals surface area (Å²) in [6, 6.07) is 12.5. The molecule has 2 aromatic carbocycles. The van der Waals surface area contributed by atoms with Crippen molar-refractivity contribution < 1.29 is 19.1 Å². The van der Waals surface area contributed by atoms with Gasteiger partial charge in [-0.15, -0.1) is 0 Å². The minimum Gasteiger partial charge on any atom is -0.496 e. The van der Waals surface area contributed by atoms with E-state index in [9.17, 15) is 9.59 Å². The maximum Gasteiger partial charge on any atom is 0.341 e. The topological polar surface area (TPSA) is 64.6 Å². The van der Waals surface area contributed by atoms with Crippen LogP contribution >= 0.6 is 0 Å². The van der Waals surface area contributed by atoms with Crippen LogP contribution in [0.4, 0.5) is 0 Å². The second kappa shape index (κ2) is 7.45. The zero-order valence-corrected chi connectivity index (χ0v) is 13.4. The fraction of sp³-hybridized carbons (Fsp3) is 0.222. The molecular formula is C18H19NO4. The van der Waals surface area contributed by atoms with Crippen LogP contribution in [0.5, 0.6) is 5.75 Å². The number of rotatable bonds is 5. The van der Waals surface area contributed by atoms with Gasteiger partial charge in [-0.25, -0.2) is 4.79 Å². The lowest BCUT2D eigenvalue weighted by Crippen LogP contribution is -2.23. The molecule has 0 aliphatic heterocycles. The molecule has 0 aliphatic carbocycles. The van der Waals surface area contributed by atoms with Gasteiger partial charge in [-0.1, -0.05) is 24.3 Å². The molecule has 0 heterocycles. The van der Waals surface area contributed by atoms with Gasteiger partial charge in [-0.2, -0.15) is 0 Å². The molecule has 0 radical (unpaired) electrons. The van der Waals surface area contributed by atoms with Gasteiger partial charge in [0.2, 0.25) is 0 Å². The molecule has 0 saturated carbocycles. The average Bonchev–Trinajstić information content (AvgIpc) is 2.59. The van der Waals surface area contributed by atoms with Crippen LogP contribution in [0.25, 0.3) is 0 Å². The fourth-order valence-electron chi connectivity index (χ4n) is 2.24. The Labute approximate surface area is 135 Å². The molecule has 2 rings (SSSR count). The second-order valence-corrected chi connectivity index (χ2v) is 5.02. The molecule has 5 nitrogen and oxygen atoms in total. The molecule has 0 bridgehead atoms. The Morgan fingerprint density at radius 1 is 1.04 bits per heavy atom. The Morgan fingerprint density at radius 2 is 1.78 bits per heavy atom. The van der Waals surface area contributed by atoms with Gasteiger partial charge >= 0.3 is 5.97 Å². The van der Waals surface area contributed by atoms with Gasteiger partial charge in [0, 0.05) is 12.1 Å². The van der Waals surface area contributed by atoms with Crippen molar-refractivity contribution in [3.8, 4) is 5.75 Å². The van der Waals surface area contributed by atoms with E-state index in [4.69, 9.17) is 9.47 Å². The van der Waals surface area contributed by atoms with Gasteiger partial charge in [-0.05, 0) is 36.2 Å². The van der Waals surface area contributed by atoms with Crippen molar-refractivity contribution in [2.75, 3.05) is 14.2 Å². The van der Waals surface area contributed by atoms with E-state index in [1.807, 2.05) is 25.1 Å². The molecule has 0 atom stereocenters. The van der Waals surface area contributed by atoms with Gasteiger partial charge in [0.1, 0.15) is 11.3 Å². The van der Waals surface area contributed by atoms with Crippen molar-refractivity contribution in [2.24, 2.45) is 0 Å². The first-order valence-corrected chi connectivity index (χ1v) is 7.16. The molecule has 120 valence electrons. The van der Waals surface area contributed by atoms with Gasteiger partial charge in [0.25, 0.3) is 5.91 Å². The van der Waals surface area contributed by atoms with Gasteiger partial charge in [-0.3, -0.25) is 4.79 Å². The molecule has 0 aromatic heterocycles. The number of ether oxygens (including phenoxy) is 2. The summed E-state index contributed by atoms with van der Waals surface area (Å²) in [5.41, 5.74) is 2.66. The number of hydrogen-bond acceptors (Lipinski definition) is 4. The Morgan fingerprint density at radius 3 is 2.43 bits per heavy atom. The van der Waals surface area contributed by atoms with Crippen LogP contribution in [0.1, 0.15) is 31.8 Å². The van der Waals surface area contributed by atoms with E-state index < -0.39 is 5.97 Å². The maximum absolute atomic E-state index is 12.2. The number of hydrogen-bond donors (Lipinski definition) is 1. The zero-order valence-electron chi connectivity index (χ0n) is 13.4. The smallest absolute Gasteiger partial charge is 0.341 e. The third-order valence-corrected chi connectivity index (χ3v) is 3.51. The lowest BCUT2D eigenvalue weighted by molar-refractivity contribution is 0.0597. The van der Waals surface area contributed by atoms with E-state index in [0.717, 1.165) is 11.1 Å². The molecule has 1 amide bonds. The van der Waals surface area contributed by atoms with Crippen LogP contribution in [-0.4, -0.2) is 26.1 Å². The molecule has 5 heteroatoms. The molecule has 0 unspecified atom stereocenters. The minimum absolute atomic E-state index is 0.154. The van der Waals surface area contributed by atoms with Crippen LogP contribution in [0, 0.1) is 6.92 Å². The predicted molar refractivity (Wildman–Crippen MR) is 86.7 cm³/mol. The first kappa shape index (κ1) is 16.5. The van der Waals surface area contributed by atoms with E-state index in [0.29, 0.717) is 23.4 Å². The summed E-state index contributed by atoms with van der Waals surface area (Å²) in [5, 5.41) is 2.85. The quantitative estimate of drug-likeness (QED) is 0.862. The molecule has 2 aromatic rings. The highest BCUT2D eigenvalue weighted by atomic mass is 16.5. The lowest BCUT2D eigenvalue weighted by atomic mass is 10.1. The van der Waals surface area contributed by atoms with Gasteiger partial charge in [0.05, 0.1) is 14.2 Å². The van der Waals surface area contributed by atoms with Crippen molar-refractivity contribution in [3.63, 3.8) is 0 Å². The summed E-state index contributed by atoms with van der Waals surface area (Å²) in [6.45, 7) is 2.19. The second-order valence-electron chi connectivity index (χ2n) is 5.02. The SMILES string of the molecule is COC(=O)c1cc(CNC(=O)c2ccccc2C)ccc1OC. The van der Waals surface area contributed by atoms with E-state index >= 15 is 0 Å². The van der Waals surface area contributed by atoms with Crippen LogP contribution < -0.4 is 10.1 Å².